The number of nitrogens with zero attached hydrogens (tertiary/aromatic N) is 4. The first-order valence-corrected chi connectivity index (χ1v) is 7.76. The summed E-state index contributed by atoms with van der Waals surface area (Å²) in [4.78, 5) is 9.76. The van der Waals surface area contributed by atoms with Crippen molar-refractivity contribution < 1.29 is 4.52 Å². The van der Waals surface area contributed by atoms with Crippen molar-refractivity contribution in [1.29, 1.82) is 0 Å². The monoisotopic (exact) mass is 277 g/mol. The van der Waals surface area contributed by atoms with Gasteiger partial charge in [0, 0.05) is 39.3 Å². The summed E-state index contributed by atoms with van der Waals surface area (Å²) in [5.41, 5.74) is 0.00675. The number of nitrogens with one attached hydrogen (secondary N) is 1. The number of piperazine rings is 3. The van der Waals surface area contributed by atoms with Gasteiger partial charge in [0.25, 0.3) is 0 Å². The lowest BCUT2D eigenvalue weighted by Gasteiger charge is -2.46. The predicted octanol–water partition coefficient (Wildman–Crippen LogP) is 0.383. The van der Waals surface area contributed by atoms with Gasteiger partial charge < -0.3 is 9.84 Å². The summed E-state index contributed by atoms with van der Waals surface area (Å²) in [6.45, 7) is 9.95. The van der Waals surface area contributed by atoms with E-state index in [1.807, 2.05) is 0 Å². The lowest BCUT2D eigenvalue weighted by molar-refractivity contribution is 0.00781. The summed E-state index contributed by atoms with van der Waals surface area (Å²) in [6.07, 6.45) is 2.31. The van der Waals surface area contributed by atoms with E-state index < -0.39 is 0 Å². The zero-order valence-corrected chi connectivity index (χ0v) is 12.1. The predicted molar refractivity (Wildman–Crippen MR) is 74.5 cm³/mol. The molecule has 0 aliphatic carbocycles. The van der Waals surface area contributed by atoms with E-state index in [9.17, 15) is 0 Å². The van der Waals surface area contributed by atoms with Crippen LogP contribution >= 0.6 is 0 Å². The third-order valence-corrected chi connectivity index (χ3v) is 5.13. The SMILES string of the molecule is CC1(c2nc(C3CN4CCN3CC4)no2)CCCNC1. The molecule has 6 nitrogen and oxygen atoms in total. The molecule has 1 N–H and O–H groups in total. The topological polar surface area (TPSA) is 57.4 Å². The van der Waals surface area contributed by atoms with Crippen LogP contribution in [0.4, 0.5) is 0 Å². The van der Waals surface area contributed by atoms with Crippen LogP contribution in [0.25, 0.3) is 0 Å². The Morgan fingerprint density at radius 1 is 1.30 bits per heavy atom. The van der Waals surface area contributed by atoms with Gasteiger partial charge in [-0.05, 0) is 26.3 Å². The molecule has 5 rings (SSSR count). The molecule has 5 heterocycles. The number of rotatable bonds is 2. The van der Waals surface area contributed by atoms with Gasteiger partial charge in [-0.2, -0.15) is 4.98 Å². The van der Waals surface area contributed by atoms with E-state index in [-0.39, 0.29) is 5.41 Å². The second kappa shape index (κ2) is 4.79. The van der Waals surface area contributed by atoms with Gasteiger partial charge in [0.15, 0.2) is 5.82 Å². The second-order valence-corrected chi connectivity index (χ2v) is 6.65. The fourth-order valence-electron chi connectivity index (χ4n) is 3.72. The van der Waals surface area contributed by atoms with Crippen molar-refractivity contribution in [1.82, 2.24) is 25.3 Å². The molecule has 0 saturated carbocycles. The molecule has 4 aliphatic heterocycles. The van der Waals surface area contributed by atoms with Crippen LogP contribution in [0.15, 0.2) is 4.52 Å². The first-order valence-electron chi connectivity index (χ1n) is 7.76. The van der Waals surface area contributed by atoms with Crippen LogP contribution in [0.3, 0.4) is 0 Å². The van der Waals surface area contributed by atoms with Gasteiger partial charge in [0.1, 0.15) is 0 Å². The van der Waals surface area contributed by atoms with Crippen LogP contribution in [-0.2, 0) is 5.41 Å². The largest absolute Gasteiger partial charge is 0.339 e. The number of hydrogen-bond acceptors (Lipinski definition) is 6. The molecule has 110 valence electrons. The maximum Gasteiger partial charge on any atom is 0.233 e. The fraction of sp³-hybridized carbons (Fsp3) is 0.857. The first kappa shape index (κ1) is 12.7. The molecule has 1 aromatic rings. The normalized spacial score (nSPS) is 41.0. The molecule has 2 bridgehead atoms. The molecule has 0 radical (unpaired) electrons. The molecule has 4 fully saturated rings. The first-order chi connectivity index (χ1) is 9.74. The van der Waals surface area contributed by atoms with E-state index in [0.717, 1.165) is 50.9 Å². The summed E-state index contributed by atoms with van der Waals surface area (Å²) in [5.74, 6) is 1.70. The summed E-state index contributed by atoms with van der Waals surface area (Å²) >= 11 is 0. The Balaban J connectivity index is 1.56. The van der Waals surface area contributed by atoms with Crippen LogP contribution < -0.4 is 5.32 Å². The van der Waals surface area contributed by atoms with E-state index in [1.54, 1.807) is 0 Å². The summed E-state index contributed by atoms with van der Waals surface area (Å²) in [7, 11) is 0. The average Bonchev–Trinajstić information content (AvgIpc) is 3.00. The summed E-state index contributed by atoms with van der Waals surface area (Å²) < 4.78 is 5.62. The van der Waals surface area contributed by atoms with Gasteiger partial charge in [-0.25, -0.2) is 0 Å². The van der Waals surface area contributed by atoms with Crippen molar-refractivity contribution in [3.05, 3.63) is 11.7 Å². The van der Waals surface area contributed by atoms with Gasteiger partial charge >= 0.3 is 0 Å². The fourth-order valence-corrected chi connectivity index (χ4v) is 3.72. The van der Waals surface area contributed by atoms with Crippen LogP contribution in [0.5, 0.6) is 0 Å². The van der Waals surface area contributed by atoms with Crippen molar-refractivity contribution >= 4 is 0 Å². The molecule has 4 saturated heterocycles. The van der Waals surface area contributed by atoms with Gasteiger partial charge in [-0.3, -0.25) is 9.80 Å². The molecular weight excluding hydrogens is 254 g/mol. The lowest BCUT2D eigenvalue weighted by atomic mass is 9.83. The Bertz CT molecular complexity index is 474. The molecule has 20 heavy (non-hydrogen) atoms. The molecule has 2 atom stereocenters. The van der Waals surface area contributed by atoms with Crippen LogP contribution in [-0.4, -0.2) is 65.8 Å². The van der Waals surface area contributed by atoms with E-state index in [4.69, 9.17) is 9.51 Å². The third kappa shape index (κ3) is 2.06. The quantitative estimate of drug-likeness (QED) is 0.843. The number of aromatic nitrogens is 2. The summed E-state index contributed by atoms with van der Waals surface area (Å²) in [6, 6.07) is 0.329. The standard InChI is InChI=1S/C14H23N5O/c1-14(3-2-4-15-10-14)13-16-12(17-20-13)11-9-18-5-7-19(11)8-6-18/h11,15H,2-10H2,1H3. The van der Waals surface area contributed by atoms with Crippen molar-refractivity contribution in [3.8, 4) is 0 Å². The minimum absolute atomic E-state index is 0.00675. The van der Waals surface area contributed by atoms with Crippen LogP contribution in [0.2, 0.25) is 0 Å². The number of fused-ring (bicyclic) bond motifs is 3. The Morgan fingerprint density at radius 3 is 2.80 bits per heavy atom. The molecule has 6 heteroatoms. The van der Waals surface area contributed by atoms with Crippen LogP contribution in [0.1, 0.15) is 37.5 Å². The van der Waals surface area contributed by atoms with Crippen molar-refractivity contribution in [2.45, 2.75) is 31.2 Å². The zero-order valence-electron chi connectivity index (χ0n) is 12.1. The maximum atomic E-state index is 5.62. The molecule has 2 unspecified atom stereocenters. The highest BCUT2D eigenvalue weighted by atomic mass is 16.5. The van der Waals surface area contributed by atoms with Crippen molar-refractivity contribution in [3.63, 3.8) is 0 Å². The van der Waals surface area contributed by atoms with E-state index in [0.29, 0.717) is 6.04 Å². The highest BCUT2D eigenvalue weighted by Crippen LogP contribution is 2.32. The highest BCUT2D eigenvalue weighted by Gasteiger charge is 2.39. The molecular formula is C14H23N5O. The van der Waals surface area contributed by atoms with Crippen molar-refractivity contribution in [2.75, 3.05) is 45.8 Å². The number of hydrogen-bond donors (Lipinski definition) is 1. The third-order valence-electron chi connectivity index (χ3n) is 5.13. The van der Waals surface area contributed by atoms with Gasteiger partial charge in [0.2, 0.25) is 5.89 Å². The Kier molecular flexibility index (Phi) is 3.05. The number of piperidine rings is 1. The maximum absolute atomic E-state index is 5.62. The zero-order chi connectivity index (χ0) is 13.6. The second-order valence-electron chi connectivity index (χ2n) is 6.65. The average molecular weight is 277 g/mol. The molecule has 0 amide bonds. The minimum Gasteiger partial charge on any atom is -0.339 e. The van der Waals surface area contributed by atoms with E-state index in [2.05, 4.69) is 27.2 Å². The smallest absolute Gasteiger partial charge is 0.233 e. The van der Waals surface area contributed by atoms with Crippen molar-refractivity contribution in [2.24, 2.45) is 0 Å². The lowest BCUT2D eigenvalue weighted by Crippen LogP contribution is -2.57. The Morgan fingerprint density at radius 2 is 2.15 bits per heavy atom. The highest BCUT2D eigenvalue weighted by molar-refractivity contribution is 5.09. The molecule has 0 spiro atoms. The van der Waals surface area contributed by atoms with E-state index in [1.165, 1.54) is 19.5 Å². The van der Waals surface area contributed by atoms with Gasteiger partial charge in [0.05, 0.1) is 11.5 Å². The summed E-state index contributed by atoms with van der Waals surface area (Å²) in [5, 5.41) is 7.74. The van der Waals surface area contributed by atoms with Gasteiger partial charge in [-0.15, -0.1) is 0 Å². The Hall–Kier alpha value is -0.980. The van der Waals surface area contributed by atoms with E-state index >= 15 is 0 Å². The molecule has 0 aromatic carbocycles. The van der Waals surface area contributed by atoms with Crippen LogP contribution in [0, 0.1) is 0 Å². The molecule has 4 aliphatic rings. The molecule has 1 aromatic heterocycles. The minimum atomic E-state index is 0.00675. The van der Waals surface area contributed by atoms with Gasteiger partial charge in [-0.1, -0.05) is 5.16 Å². The Labute approximate surface area is 119 Å².